The number of fused-ring (bicyclic) bond motifs is 4. The van der Waals surface area contributed by atoms with E-state index in [1.807, 2.05) is 0 Å². The molecule has 1 aromatic carbocycles. The van der Waals surface area contributed by atoms with Gasteiger partial charge in [0.1, 0.15) is 17.5 Å². The molecule has 10 nitrogen and oxygen atoms in total. The molecule has 2 amide bonds. The molecule has 1 spiro atoms. The number of aromatic amines is 1. The van der Waals surface area contributed by atoms with Crippen molar-refractivity contribution >= 4 is 23.5 Å². The molecule has 5 N–H and O–H groups in total. The van der Waals surface area contributed by atoms with Crippen LogP contribution in [0.25, 0.3) is 0 Å². The van der Waals surface area contributed by atoms with Crippen molar-refractivity contribution < 1.29 is 23.9 Å². The van der Waals surface area contributed by atoms with E-state index in [0.29, 0.717) is 22.5 Å². The van der Waals surface area contributed by atoms with E-state index in [2.05, 4.69) is 10.2 Å². The van der Waals surface area contributed by atoms with E-state index in [4.69, 9.17) is 20.9 Å². The molecule has 0 saturated heterocycles. The highest BCUT2D eigenvalue weighted by atomic mass is 16.5. The van der Waals surface area contributed by atoms with Gasteiger partial charge in [0.25, 0.3) is 0 Å². The smallest absolute Gasteiger partial charge is 0.340 e. The molecule has 3 heterocycles. The lowest BCUT2D eigenvalue weighted by Crippen LogP contribution is -2.50. The summed E-state index contributed by atoms with van der Waals surface area (Å²) >= 11 is 0. The van der Waals surface area contributed by atoms with Gasteiger partial charge in [0.15, 0.2) is 0 Å². The van der Waals surface area contributed by atoms with E-state index in [9.17, 15) is 14.4 Å². The van der Waals surface area contributed by atoms with Gasteiger partial charge in [-0.1, -0.05) is 18.2 Å². The first-order chi connectivity index (χ1) is 13.3. The van der Waals surface area contributed by atoms with Crippen LogP contribution < -0.4 is 21.1 Å². The summed E-state index contributed by atoms with van der Waals surface area (Å²) in [5.41, 5.74) is 11.3. The Morgan fingerprint density at radius 3 is 2.75 bits per heavy atom. The van der Waals surface area contributed by atoms with Crippen LogP contribution in [0.5, 0.6) is 5.88 Å². The van der Waals surface area contributed by atoms with Gasteiger partial charge in [0.2, 0.25) is 23.6 Å². The molecule has 2 aromatic rings. The number of ether oxygens (including phenoxy) is 2. The van der Waals surface area contributed by atoms with Crippen molar-refractivity contribution in [2.24, 2.45) is 11.5 Å². The van der Waals surface area contributed by atoms with E-state index in [0.717, 1.165) is 0 Å². The maximum atomic E-state index is 13.8. The summed E-state index contributed by atoms with van der Waals surface area (Å²) < 4.78 is 10.4. The van der Waals surface area contributed by atoms with Crippen molar-refractivity contribution in [1.82, 2.24) is 10.2 Å². The molecule has 0 bridgehead atoms. The van der Waals surface area contributed by atoms with Crippen LogP contribution in [0.15, 0.2) is 35.7 Å². The molecule has 2 aliphatic heterocycles. The number of methoxy groups -OCH3 is 1. The molecule has 1 atom stereocenters. The molecule has 0 aliphatic carbocycles. The number of carbonyl (C=O) groups is 3. The molecule has 0 fully saturated rings. The number of aryl methyl sites for hydroxylation is 1. The number of anilines is 1. The average molecular weight is 383 g/mol. The van der Waals surface area contributed by atoms with Crippen molar-refractivity contribution in [3.05, 3.63) is 52.5 Å². The monoisotopic (exact) mass is 383 g/mol. The van der Waals surface area contributed by atoms with E-state index < -0.39 is 23.2 Å². The molecule has 28 heavy (non-hydrogen) atoms. The highest BCUT2D eigenvalue weighted by Crippen LogP contribution is 2.55. The van der Waals surface area contributed by atoms with Crippen molar-refractivity contribution in [3.63, 3.8) is 0 Å². The quantitative estimate of drug-likeness (QED) is 0.608. The second-order valence-corrected chi connectivity index (χ2v) is 6.49. The Balaban J connectivity index is 2.13. The third-order valence-electron chi connectivity index (χ3n) is 4.99. The molecular weight excluding hydrogens is 366 g/mol. The lowest BCUT2D eigenvalue weighted by atomic mass is 9.68. The normalized spacial score (nSPS) is 20.1. The zero-order chi connectivity index (χ0) is 20.2. The van der Waals surface area contributed by atoms with Crippen LogP contribution in [0, 0.1) is 6.92 Å². The molecule has 0 radical (unpaired) electrons. The Kier molecular flexibility index (Phi) is 3.67. The number of nitrogens with two attached hydrogens (primary N) is 2. The number of primary amides is 1. The largest absolute Gasteiger partial charge is 0.465 e. The lowest BCUT2D eigenvalue weighted by Gasteiger charge is -2.34. The first kappa shape index (κ1) is 17.6. The minimum absolute atomic E-state index is 0.0757. The van der Waals surface area contributed by atoms with Gasteiger partial charge in [-0.25, -0.2) is 4.79 Å². The van der Waals surface area contributed by atoms with Crippen molar-refractivity contribution in [2.75, 3.05) is 18.6 Å². The number of amides is 2. The fraction of sp³-hybridized carbons (Fsp3) is 0.222. The third kappa shape index (κ3) is 2.02. The fourth-order valence-corrected chi connectivity index (χ4v) is 3.99. The topological polar surface area (TPSA) is 154 Å². The predicted molar refractivity (Wildman–Crippen MR) is 96.0 cm³/mol. The first-order valence-electron chi connectivity index (χ1n) is 8.35. The zero-order valence-electron chi connectivity index (χ0n) is 15.1. The maximum Gasteiger partial charge on any atom is 0.340 e. The number of H-pyrrole nitrogens is 1. The van der Waals surface area contributed by atoms with Gasteiger partial charge >= 0.3 is 5.97 Å². The van der Waals surface area contributed by atoms with E-state index in [1.165, 1.54) is 12.0 Å². The second-order valence-electron chi connectivity index (χ2n) is 6.49. The number of para-hydroxylation sites is 1. The second kappa shape index (κ2) is 5.84. The summed E-state index contributed by atoms with van der Waals surface area (Å²) in [5, 5.41) is 6.83. The van der Waals surface area contributed by atoms with Gasteiger partial charge in [-0.2, -0.15) is 0 Å². The highest BCUT2D eigenvalue weighted by Gasteiger charge is 2.62. The van der Waals surface area contributed by atoms with E-state index in [-0.39, 0.29) is 23.9 Å². The number of benzene rings is 1. The number of esters is 1. The first-order valence-corrected chi connectivity index (χ1v) is 8.35. The molecule has 2 aliphatic rings. The SMILES string of the molecule is COC(=O)C1=C(N)Oc2n[nH]c(C)c2[C@@]12C(=O)N(CC(N)=O)c1ccccc12. The zero-order valence-corrected chi connectivity index (χ0v) is 15.1. The van der Waals surface area contributed by atoms with E-state index in [1.54, 1.807) is 31.2 Å². The van der Waals surface area contributed by atoms with Crippen molar-refractivity contribution in [3.8, 4) is 5.88 Å². The summed E-state index contributed by atoms with van der Waals surface area (Å²) in [6.45, 7) is 1.33. The van der Waals surface area contributed by atoms with E-state index >= 15 is 0 Å². The fourth-order valence-electron chi connectivity index (χ4n) is 3.99. The minimum atomic E-state index is -1.67. The van der Waals surface area contributed by atoms with Crippen LogP contribution in [-0.4, -0.2) is 41.6 Å². The summed E-state index contributed by atoms with van der Waals surface area (Å²) in [4.78, 5) is 39.4. The minimum Gasteiger partial charge on any atom is -0.465 e. The Bertz CT molecular complexity index is 1070. The van der Waals surface area contributed by atoms with Crippen molar-refractivity contribution in [1.29, 1.82) is 0 Å². The molecule has 144 valence electrons. The molecular formula is C18H17N5O5. The molecule has 0 saturated carbocycles. The Labute approximate surface area is 159 Å². The number of carbonyl (C=O) groups excluding carboxylic acids is 3. The predicted octanol–water partition coefficient (Wildman–Crippen LogP) is -0.428. The van der Waals surface area contributed by atoms with Crippen LogP contribution in [0.2, 0.25) is 0 Å². The van der Waals surface area contributed by atoms with Gasteiger partial charge in [-0.15, -0.1) is 5.10 Å². The number of rotatable bonds is 3. The number of hydrogen-bond donors (Lipinski definition) is 3. The lowest BCUT2D eigenvalue weighted by molar-refractivity contribution is -0.138. The summed E-state index contributed by atoms with van der Waals surface area (Å²) in [6, 6.07) is 6.79. The molecule has 1 aromatic heterocycles. The van der Waals surface area contributed by atoms with Gasteiger partial charge in [-0.3, -0.25) is 14.7 Å². The summed E-state index contributed by atoms with van der Waals surface area (Å²) in [6.07, 6.45) is 0. The van der Waals surface area contributed by atoms with Gasteiger partial charge in [0, 0.05) is 16.9 Å². The van der Waals surface area contributed by atoms with Gasteiger partial charge < -0.3 is 25.8 Å². The molecule has 10 heteroatoms. The average Bonchev–Trinajstić information content (AvgIpc) is 3.13. The number of nitrogens with one attached hydrogen (secondary N) is 1. The number of aromatic nitrogens is 2. The Morgan fingerprint density at radius 1 is 1.36 bits per heavy atom. The van der Waals surface area contributed by atoms with Crippen molar-refractivity contribution in [2.45, 2.75) is 12.3 Å². The van der Waals surface area contributed by atoms with Crippen LogP contribution in [0.3, 0.4) is 0 Å². The molecule has 4 rings (SSSR count). The van der Waals surface area contributed by atoms with Crippen LogP contribution >= 0.6 is 0 Å². The van der Waals surface area contributed by atoms with Gasteiger partial charge in [0.05, 0.1) is 12.7 Å². The van der Waals surface area contributed by atoms with Gasteiger partial charge in [-0.05, 0) is 13.0 Å². The summed E-state index contributed by atoms with van der Waals surface area (Å²) in [7, 11) is 1.18. The van der Waals surface area contributed by atoms with Crippen LogP contribution in [0.1, 0.15) is 16.8 Å². The highest BCUT2D eigenvalue weighted by molar-refractivity contribution is 6.19. The third-order valence-corrected chi connectivity index (χ3v) is 4.99. The number of hydrogen-bond acceptors (Lipinski definition) is 7. The number of nitrogens with zero attached hydrogens (tertiary/aromatic N) is 2. The summed E-state index contributed by atoms with van der Waals surface area (Å²) in [5.74, 6) is -2.31. The molecule has 0 unspecified atom stereocenters. The van der Waals surface area contributed by atoms with Crippen LogP contribution in [-0.2, 0) is 24.5 Å². The Hall–Kier alpha value is -3.82. The standard InChI is InChI=1S/C18H17N5O5/c1-8-12-15(22-21-8)28-14(20)13(16(25)27-2)18(12)9-5-3-4-6-10(9)23(17(18)26)7-11(19)24/h3-6H,7,20H2,1-2H3,(H2,19,24)(H,21,22)/t18-/m1/s1. The van der Waals surface area contributed by atoms with Crippen LogP contribution in [0.4, 0.5) is 5.69 Å². The Morgan fingerprint density at radius 2 is 2.07 bits per heavy atom. The maximum absolute atomic E-state index is 13.8.